The molecule has 21 heavy (non-hydrogen) atoms. The Hall–Kier alpha value is -2.55. The van der Waals surface area contributed by atoms with E-state index < -0.39 is 0 Å². The molecule has 0 saturated carbocycles. The topological polar surface area (TPSA) is 42.2 Å². The Labute approximate surface area is 123 Å². The second-order valence-electron chi connectivity index (χ2n) is 5.38. The Morgan fingerprint density at radius 1 is 1.00 bits per heavy atom. The molecular formula is C18H17NO2. The van der Waals surface area contributed by atoms with E-state index in [0.29, 0.717) is 28.6 Å². The largest absolute Gasteiger partial charge is 0.428 e. The van der Waals surface area contributed by atoms with E-state index in [0.717, 1.165) is 10.3 Å². The number of benzene rings is 2. The van der Waals surface area contributed by atoms with Crippen LogP contribution in [0.5, 0.6) is 0 Å². The zero-order valence-electron chi connectivity index (χ0n) is 12.1. The molecule has 0 aliphatic carbocycles. The maximum Gasteiger partial charge on any atom is 0.193 e. The van der Waals surface area contributed by atoms with Crippen LogP contribution in [0.1, 0.15) is 22.4 Å². The molecule has 0 bridgehead atoms. The third kappa shape index (κ3) is 2.31. The molecule has 106 valence electrons. The van der Waals surface area contributed by atoms with Crippen molar-refractivity contribution in [3.63, 3.8) is 0 Å². The molecule has 1 N–H and O–H groups in total. The molecule has 0 radical (unpaired) electrons. The van der Waals surface area contributed by atoms with Crippen molar-refractivity contribution in [2.24, 2.45) is 0 Å². The van der Waals surface area contributed by atoms with Crippen LogP contribution >= 0.6 is 0 Å². The van der Waals surface area contributed by atoms with E-state index in [1.165, 1.54) is 5.56 Å². The highest BCUT2D eigenvalue weighted by molar-refractivity contribution is 5.79. The van der Waals surface area contributed by atoms with Gasteiger partial charge in [-0.2, -0.15) is 4.73 Å². The van der Waals surface area contributed by atoms with Gasteiger partial charge in [-0.05, 0) is 31.5 Å². The molecule has 2 aromatic carbocycles. The first kappa shape index (κ1) is 13.4. The predicted octanol–water partition coefficient (Wildman–Crippen LogP) is 3.45. The zero-order valence-corrected chi connectivity index (χ0v) is 12.1. The third-order valence-electron chi connectivity index (χ3n) is 3.91. The van der Waals surface area contributed by atoms with Crippen LogP contribution in [0.15, 0.2) is 53.3 Å². The molecule has 0 aliphatic rings. The van der Waals surface area contributed by atoms with Gasteiger partial charge in [0.2, 0.25) is 0 Å². The Kier molecular flexibility index (Phi) is 3.26. The first-order valence-corrected chi connectivity index (χ1v) is 6.96. The zero-order chi connectivity index (χ0) is 15.0. The summed E-state index contributed by atoms with van der Waals surface area (Å²) in [5.41, 5.74) is 4.03. The van der Waals surface area contributed by atoms with Gasteiger partial charge in [-0.25, -0.2) is 0 Å². The first-order valence-electron chi connectivity index (χ1n) is 6.96. The molecule has 3 nitrogen and oxygen atoms in total. The normalized spacial score (nSPS) is 11.0. The number of nitrogens with zero attached hydrogens (tertiary/aromatic N) is 1. The van der Waals surface area contributed by atoms with Gasteiger partial charge in [-0.1, -0.05) is 42.0 Å². The molecule has 3 aromatic rings. The van der Waals surface area contributed by atoms with Crippen LogP contribution in [-0.2, 0) is 6.42 Å². The number of rotatable bonds is 2. The van der Waals surface area contributed by atoms with Crippen LogP contribution in [0, 0.1) is 13.8 Å². The Balaban J connectivity index is 2.18. The van der Waals surface area contributed by atoms with Crippen LogP contribution in [-0.4, -0.2) is 9.94 Å². The van der Waals surface area contributed by atoms with Gasteiger partial charge in [-0.3, -0.25) is 4.79 Å². The van der Waals surface area contributed by atoms with E-state index in [4.69, 9.17) is 0 Å². The lowest BCUT2D eigenvalue weighted by molar-refractivity contribution is 0.190. The Morgan fingerprint density at radius 3 is 2.38 bits per heavy atom. The predicted molar refractivity (Wildman–Crippen MR) is 84.1 cm³/mol. The van der Waals surface area contributed by atoms with Gasteiger partial charge < -0.3 is 5.21 Å². The monoisotopic (exact) mass is 279 g/mol. The van der Waals surface area contributed by atoms with Gasteiger partial charge >= 0.3 is 0 Å². The molecule has 0 unspecified atom stereocenters. The molecule has 1 aromatic heterocycles. The van der Waals surface area contributed by atoms with Crippen LogP contribution < -0.4 is 5.43 Å². The number of fused-ring (bicyclic) bond motifs is 1. The first-order chi connectivity index (χ1) is 10.1. The molecular weight excluding hydrogens is 262 g/mol. The molecule has 3 heteroatoms. The highest BCUT2D eigenvalue weighted by Crippen LogP contribution is 2.17. The van der Waals surface area contributed by atoms with Crippen molar-refractivity contribution in [3.8, 4) is 0 Å². The van der Waals surface area contributed by atoms with Crippen LogP contribution in [0.3, 0.4) is 0 Å². The second-order valence-corrected chi connectivity index (χ2v) is 5.38. The second kappa shape index (κ2) is 5.09. The van der Waals surface area contributed by atoms with Gasteiger partial charge in [0.05, 0.1) is 11.2 Å². The Morgan fingerprint density at radius 2 is 1.67 bits per heavy atom. The molecule has 3 rings (SSSR count). The fraction of sp³-hybridized carbons (Fsp3) is 0.167. The van der Waals surface area contributed by atoms with Crippen LogP contribution in [0.25, 0.3) is 10.9 Å². The van der Waals surface area contributed by atoms with Crippen molar-refractivity contribution >= 4 is 10.9 Å². The average molecular weight is 279 g/mol. The number of pyridine rings is 1. The summed E-state index contributed by atoms with van der Waals surface area (Å²) in [6.07, 6.45) is 0.524. The van der Waals surface area contributed by atoms with Gasteiger partial charge in [-0.15, -0.1) is 0 Å². The standard InChI is InChI=1S/C18H17NO2/c1-12-7-9-14(10-8-12)11-16-13(2)19(21)17-6-4-3-5-15(17)18(16)20/h3-10,21H,11H2,1-2H3. The lowest BCUT2D eigenvalue weighted by Gasteiger charge is -2.12. The molecule has 0 atom stereocenters. The smallest absolute Gasteiger partial charge is 0.193 e. The summed E-state index contributed by atoms with van der Waals surface area (Å²) < 4.78 is 1.11. The van der Waals surface area contributed by atoms with Gasteiger partial charge in [0.1, 0.15) is 0 Å². The highest BCUT2D eigenvalue weighted by Gasteiger charge is 2.13. The van der Waals surface area contributed by atoms with E-state index in [1.807, 2.05) is 43.3 Å². The lowest BCUT2D eigenvalue weighted by Crippen LogP contribution is -2.18. The van der Waals surface area contributed by atoms with E-state index in [9.17, 15) is 10.0 Å². The SMILES string of the molecule is Cc1ccc(Cc2c(C)n(O)c3ccccc3c2=O)cc1. The van der Waals surface area contributed by atoms with E-state index in [2.05, 4.69) is 0 Å². The maximum atomic E-state index is 12.6. The van der Waals surface area contributed by atoms with Crippen molar-refractivity contribution in [2.75, 3.05) is 0 Å². The molecule has 0 aliphatic heterocycles. The summed E-state index contributed by atoms with van der Waals surface area (Å²) in [5, 5.41) is 10.8. The van der Waals surface area contributed by atoms with Gasteiger partial charge in [0, 0.05) is 17.4 Å². The fourth-order valence-electron chi connectivity index (χ4n) is 2.60. The quantitative estimate of drug-likeness (QED) is 0.730. The van der Waals surface area contributed by atoms with Crippen molar-refractivity contribution in [1.82, 2.24) is 4.73 Å². The summed E-state index contributed by atoms with van der Waals surface area (Å²) in [6, 6.07) is 15.2. The number of aryl methyl sites for hydroxylation is 1. The number of hydrogen-bond donors (Lipinski definition) is 1. The van der Waals surface area contributed by atoms with Crippen molar-refractivity contribution in [2.45, 2.75) is 20.3 Å². The number of aromatic nitrogens is 1. The minimum atomic E-state index is -0.00558. The van der Waals surface area contributed by atoms with Gasteiger partial charge in [0.25, 0.3) is 0 Å². The van der Waals surface area contributed by atoms with Crippen LogP contribution in [0.4, 0.5) is 0 Å². The number of para-hydroxylation sites is 1. The van der Waals surface area contributed by atoms with Crippen LogP contribution in [0.2, 0.25) is 0 Å². The summed E-state index contributed by atoms with van der Waals surface area (Å²) in [7, 11) is 0. The third-order valence-corrected chi connectivity index (χ3v) is 3.91. The molecule has 0 spiro atoms. The van der Waals surface area contributed by atoms with E-state index in [-0.39, 0.29) is 5.43 Å². The molecule has 0 fully saturated rings. The van der Waals surface area contributed by atoms with Crippen molar-refractivity contribution < 1.29 is 5.21 Å². The summed E-state index contributed by atoms with van der Waals surface area (Å²) in [6.45, 7) is 3.81. The van der Waals surface area contributed by atoms with Gasteiger partial charge in [0.15, 0.2) is 5.43 Å². The highest BCUT2D eigenvalue weighted by atomic mass is 16.5. The maximum absolute atomic E-state index is 12.6. The van der Waals surface area contributed by atoms with E-state index in [1.54, 1.807) is 19.1 Å². The lowest BCUT2D eigenvalue weighted by atomic mass is 10.0. The summed E-state index contributed by atoms with van der Waals surface area (Å²) >= 11 is 0. The number of hydrogen-bond acceptors (Lipinski definition) is 2. The summed E-state index contributed by atoms with van der Waals surface area (Å²) in [4.78, 5) is 12.6. The fourth-order valence-corrected chi connectivity index (χ4v) is 2.60. The average Bonchev–Trinajstić information content (AvgIpc) is 2.51. The molecule has 1 heterocycles. The minimum absolute atomic E-state index is 0.00558. The molecule has 0 amide bonds. The van der Waals surface area contributed by atoms with Crippen molar-refractivity contribution in [1.29, 1.82) is 0 Å². The summed E-state index contributed by atoms with van der Waals surface area (Å²) in [5.74, 6) is 0. The molecule has 0 saturated heterocycles. The Bertz CT molecular complexity index is 861. The minimum Gasteiger partial charge on any atom is -0.428 e. The van der Waals surface area contributed by atoms with E-state index >= 15 is 0 Å². The van der Waals surface area contributed by atoms with Crippen molar-refractivity contribution in [3.05, 3.63) is 81.1 Å².